The van der Waals surface area contributed by atoms with Crippen LogP contribution < -0.4 is 5.14 Å². The predicted molar refractivity (Wildman–Crippen MR) is 95.8 cm³/mol. The quantitative estimate of drug-likeness (QED) is 0.417. The standard InChI is InChI=1S/C13H11N4O2S.C5H5.Fe/c14-20(18,19)12-7-5-11(6-8-12)17-9-13(15-16-17)10-3-1-2-4-10;1-2-4-5-3-1;/h1-9H,(H2,14,18,19);1-5H;/q-1;-5;. The van der Waals surface area contributed by atoms with Crippen molar-refractivity contribution in [1.82, 2.24) is 15.0 Å². The van der Waals surface area contributed by atoms with Crippen LogP contribution in [0.1, 0.15) is 0 Å². The maximum atomic E-state index is 11.2. The van der Waals surface area contributed by atoms with Crippen molar-refractivity contribution in [2.75, 3.05) is 0 Å². The minimum atomic E-state index is -3.68. The molecule has 1 heterocycles. The van der Waals surface area contributed by atoms with E-state index in [9.17, 15) is 8.42 Å². The van der Waals surface area contributed by atoms with E-state index in [0.29, 0.717) is 5.69 Å². The summed E-state index contributed by atoms with van der Waals surface area (Å²) in [5.74, 6) is 0. The van der Waals surface area contributed by atoms with Gasteiger partial charge >= 0.3 is 0 Å². The molecule has 26 heavy (non-hydrogen) atoms. The predicted octanol–water partition coefficient (Wildman–Crippen LogP) is 2.70. The molecular formula is C18H16FeN4O2S-6. The van der Waals surface area contributed by atoms with Crippen LogP contribution in [0.5, 0.6) is 0 Å². The van der Waals surface area contributed by atoms with E-state index in [4.69, 9.17) is 5.14 Å². The first-order chi connectivity index (χ1) is 12.0. The molecule has 4 rings (SSSR count). The minimum Gasteiger partial charge on any atom is -0.748 e. The number of nitrogens with zero attached hydrogens (tertiary/aromatic N) is 3. The second kappa shape index (κ2) is 8.73. The summed E-state index contributed by atoms with van der Waals surface area (Å²) >= 11 is 0. The Hall–Kier alpha value is -2.51. The molecule has 140 valence electrons. The van der Waals surface area contributed by atoms with E-state index >= 15 is 0 Å². The maximum Gasteiger partial charge on any atom is 0.238 e. The van der Waals surface area contributed by atoms with Gasteiger partial charge in [-0.2, -0.15) is 17.2 Å². The summed E-state index contributed by atoms with van der Waals surface area (Å²) in [7, 11) is -3.68. The average molecular weight is 408 g/mol. The van der Waals surface area contributed by atoms with Gasteiger partial charge in [-0.05, 0) is 30.5 Å². The van der Waals surface area contributed by atoms with E-state index in [-0.39, 0.29) is 22.0 Å². The monoisotopic (exact) mass is 408 g/mol. The Labute approximate surface area is 162 Å². The van der Waals surface area contributed by atoms with Gasteiger partial charge < -0.3 is 30.3 Å². The van der Waals surface area contributed by atoms with Crippen molar-refractivity contribution in [3.05, 3.63) is 85.1 Å². The molecule has 8 heteroatoms. The zero-order valence-corrected chi connectivity index (χ0v) is 15.5. The Morgan fingerprint density at radius 2 is 1.50 bits per heavy atom. The Morgan fingerprint density at radius 3 is 2.00 bits per heavy atom. The third-order valence-electron chi connectivity index (χ3n) is 3.44. The number of rotatable bonds is 3. The fourth-order valence-corrected chi connectivity index (χ4v) is 2.69. The van der Waals surface area contributed by atoms with E-state index in [1.165, 1.54) is 12.1 Å². The van der Waals surface area contributed by atoms with Crippen LogP contribution in [0.2, 0.25) is 0 Å². The van der Waals surface area contributed by atoms with Crippen LogP contribution in [0.15, 0.2) is 90.0 Å². The minimum absolute atomic E-state index is 0. The van der Waals surface area contributed by atoms with Gasteiger partial charge in [-0.3, -0.25) is 4.68 Å². The summed E-state index contributed by atoms with van der Waals surface area (Å²) < 4.78 is 23.9. The van der Waals surface area contributed by atoms with Crippen LogP contribution in [0.25, 0.3) is 16.9 Å². The van der Waals surface area contributed by atoms with Gasteiger partial charge in [0.25, 0.3) is 0 Å². The van der Waals surface area contributed by atoms with Gasteiger partial charge in [0.15, 0.2) is 0 Å². The van der Waals surface area contributed by atoms with Crippen molar-refractivity contribution in [2.24, 2.45) is 5.14 Å². The largest absolute Gasteiger partial charge is 0.748 e. The summed E-state index contributed by atoms with van der Waals surface area (Å²) in [5.41, 5.74) is 2.45. The van der Waals surface area contributed by atoms with Crippen LogP contribution in [-0.2, 0) is 27.1 Å². The summed E-state index contributed by atoms with van der Waals surface area (Å²) in [5, 5.41) is 13.1. The number of nitrogens with two attached hydrogens (primary N) is 1. The van der Waals surface area contributed by atoms with Crippen molar-refractivity contribution >= 4 is 10.0 Å². The molecule has 0 fully saturated rings. The van der Waals surface area contributed by atoms with Crippen LogP contribution in [0.3, 0.4) is 0 Å². The van der Waals surface area contributed by atoms with Gasteiger partial charge in [0.2, 0.25) is 10.0 Å². The van der Waals surface area contributed by atoms with E-state index in [0.717, 1.165) is 11.3 Å². The van der Waals surface area contributed by atoms with Crippen LogP contribution in [-0.4, -0.2) is 23.4 Å². The Kier molecular flexibility index (Phi) is 6.65. The second-order valence-corrected chi connectivity index (χ2v) is 6.78. The fraction of sp³-hybridized carbons (Fsp3) is 0. The molecule has 6 nitrogen and oxygen atoms in total. The molecule has 1 aromatic heterocycles. The van der Waals surface area contributed by atoms with Crippen LogP contribution in [0.4, 0.5) is 0 Å². The molecule has 0 amide bonds. The smallest absolute Gasteiger partial charge is 0.238 e. The van der Waals surface area contributed by atoms with Crippen LogP contribution in [0, 0.1) is 0 Å². The van der Waals surface area contributed by atoms with Crippen molar-refractivity contribution in [3.8, 4) is 16.9 Å². The second-order valence-electron chi connectivity index (χ2n) is 5.22. The summed E-state index contributed by atoms with van der Waals surface area (Å²) in [6.45, 7) is 0. The molecule has 3 aromatic carbocycles. The molecule has 0 aliphatic carbocycles. The van der Waals surface area contributed by atoms with Crippen molar-refractivity contribution in [3.63, 3.8) is 0 Å². The first-order valence-electron chi connectivity index (χ1n) is 7.48. The first kappa shape index (κ1) is 19.8. The van der Waals surface area contributed by atoms with Crippen molar-refractivity contribution in [1.29, 1.82) is 0 Å². The van der Waals surface area contributed by atoms with Gasteiger partial charge in [0.1, 0.15) is 0 Å². The van der Waals surface area contributed by atoms with E-state index in [2.05, 4.69) is 10.3 Å². The Morgan fingerprint density at radius 1 is 0.962 bits per heavy atom. The summed E-state index contributed by atoms with van der Waals surface area (Å²) in [6.07, 6.45) is 1.78. The van der Waals surface area contributed by atoms with E-state index < -0.39 is 10.0 Å². The molecule has 0 unspecified atom stereocenters. The van der Waals surface area contributed by atoms with Crippen molar-refractivity contribution < 1.29 is 25.5 Å². The average Bonchev–Trinajstić information content (AvgIpc) is 3.37. The van der Waals surface area contributed by atoms with Gasteiger partial charge in [-0.1, -0.05) is 10.8 Å². The van der Waals surface area contributed by atoms with Gasteiger partial charge in [0.05, 0.1) is 10.6 Å². The molecule has 0 saturated carbocycles. The number of benzene rings is 1. The number of hydrogen-bond donors (Lipinski definition) is 1. The third kappa shape index (κ3) is 5.00. The van der Waals surface area contributed by atoms with E-state index in [1.54, 1.807) is 23.0 Å². The number of primary sulfonamides is 1. The topological polar surface area (TPSA) is 90.9 Å². The molecule has 2 N–H and O–H groups in total. The Bertz CT molecular complexity index is 989. The number of sulfonamides is 1. The summed E-state index contributed by atoms with van der Waals surface area (Å²) in [6, 6.07) is 23.9. The van der Waals surface area contributed by atoms with Crippen molar-refractivity contribution in [2.45, 2.75) is 4.90 Å². The zero-order chi connectivity index (χ0) is 17.7. The zero-order valence-electron chi connectivity index (χ0n) is 13.6. The molecule has 4 aromatic rings. The Balaban J connectivity index is 0.000000351. The van der Waals surface area contributed by atoms with Crippen LogP contribution >= 0.6 is 0 Å². The SMILES string of the molecule is NS(=O)(=O)c1ccc(-n2cc(-[c-]3cccc3)nn2)cc1.[Fe].[cH-]1[cH-][cH-][cH-][cH-]1. The van der Waals surface area contributed by atoms with Gasteiger partial charge in [-0.15, -0.1) is 12.1 Å². The molecule has 0 bridgehead atoms. The molecule has 0 saturated heterocycles. The fourth-order valence-electron chi connectivity index (χ4n) is 2.18. The van der Waals surface area contributed by atoms with Gasteiger partial charge in [-0.25, -0.2) is 13.6 Å². The normalized spacial score (nSPS) is 10.5. The molecule has 0 atom stereocenters. The molecular weight excluding hydrogens is 392 g/mol. The number of aromatic nitrogens is 3. The molecule has 0 aliphatic rings. The summed E-state index contributed by atoms with van der Waals surface area (Å²) in [4.78, 5) is 0.0672. The molecule has 0 aliphatic heterocycles. The first-order valence-corrected chi connectivity index (χ1v) is 9.03. The maximum absolute atomic E-state index is 11.2. The molecule has 0 radical (unpaired) electrons. The molecule has 0 spiro atoms. The van der Waals surface area contributed by atoms with Gasteiger partial charge in [0, 0.05) is 22.8 Å². The third-order valence-corrected chi connectivity index (χ3v) is 4.37. The van der Waals surface area contributed by atoms with E-state index in [1.807, 2.05) is 54.6 Å². The number of hydrogen-bond acceptors (Lipinski definition) is 4.